The first-order valence-electron chi connectivity index (χ1n) is 9.53. The molecular formula is C26H21N. The number of aryl methyl sites for hydroxylation is 1. The van der Waals surface area contributed by atoms with Gasteiger partial charge in [-0.2, -0.15) is 0 Å². The molecule has 27 heavy (non-hydrogen) atoms. The van der Waals surface area contributed by atoms with Gasteiger partial charge >= 0.3 is 0 Å². The maximum atomic E-state index is 2.38. The molecule has 1 heteroatoms. The van der Waals surface area contributed by atoms with Crippen molar-refractivity contribution in [3.05, 3.63) is 103 Å². The van der Waals surface area contributed by atoms with Gasteiger partial charge in [0.15, 0.2) is 0 Å². The lowest BCUT2D eigenvalue weighted by Crippen LogP contribution is -1.93. The highest BCUT2D eigenvalue weighted by molar-refractivity contribution is 6.10. The molecule has 0 atom stereocenters. The van der Waals surface area contributed by atoms with E-state index in [2.05, 4.69) is 109 Å². The van der Waals surface area contributed by atoms with Crippen molar-refractivity contribution in [3.63, 3.8) is 0 Å². The molecule has 0 spiro atoms. The molecule has 0 aliphatic rings. The van der Waals surface area contributed by atoms with Crippen molar-refractivity contribution < 1.29 is 0 Å². The van der Waals surface area contributed by atoms with Gasteiger partial charge in [0, 0.05) is 16.5 Å². The van der Waals surface area contributed by atoms with E-state index in [9.17, 15) is 0 Å². The first-order chi connectivity index (χ1) is 13.4. The van der Waals surface area contributed by atoms with E-state index in [1.807, 2.05) is 0 Å². The maximum absolute atomic E-state index is 2.38. The second-order valence-electron chi connectivity index (χ2n) is 6.93. The van der Waals surface area contributed by atoms with Crippen molar-refractivity contribution in [1.82, 2.24) is 4.57 Å². The number of hydrogen-bond donors (Lipinski definition) is 0. The fourth-order valence-electron chi connectivity index (χ4n) is 4.10. The Kier molecular flexibility index (Phi) is 3.79. The Hall–Kier alpha value is -3.32. The summed E-state index contributed by atoms with van der Waals surface area (Å²) < 4.78 is 2.38. The second-order valence-corrected chi connectivity index (χ2v) is 6.93. The van der Waals surface area contributed by atoms with Crippen LogP contribution >= 0.6 is 0 Å². The molecule has 5 rings (SSSR count). The standard InChI is InChI=1S/C26H21N/c1-2-19-10-6-7-13-22(19)20-16-17-24-23-14-8-9-15-25(23)27(26(24)18-20)21-11-4-3-5-12-21/h3-18H,2H2,1H3. The van der Waals surface area contributed by atoms with Crippen LogP contribution in [-0.2, 0) is 6.42 Å². The highest BCUT2D eigenvalue weighted by atomic mass is 15.0. The fraction of sp³-hybridized carbons (Fsp3) is 0.0769. The maximum Gasteiger partial charge on any atom is 0.0547 e. The van der Waals surface area contributed by atoms with Gasteiger partial charge in [0.1, 0.15) is 0 Å². The van der Waals surface area contributed by atoms with Crippen LogP contribution in [0.15, 0.2) is 97.1 Å². The van der Waals surface area contributed by atoms with Crippen LogP contribution in [-0.4, -0.2) is 4.57 Å². The minimum absolute atomic E-state index is 1.04. The summed E-state index contributed by atoms with van der Waals surface area (Å²) >= 11 is 0. The first kappa shape index (κ1) is 15.9. The minimum atomic E-state index is 1.04. The van der Waals surface area contributed by atoms with Crippen LogP contribution in [0.1, 0.15) is 12.5 Å². The van der Waals surface area contributed by atoms with Gasteiger partial charge in [-0.05, 0) is 47.4 Å². The zero-order valence-electron chi connectivity index (χ0n) is 15.4. The van der Waals surface area contributed by atoms with Crippen LogP contribution in [0.5, 0.6) is 0 Å². The van der Waals surface area contributed by atoms with E-state index in [0.29, 0.717) is 0 Å². The predicted molar refractivity (Wildman–Crippen MR) is 116 cm³/mol. The molecule has 0 aliphatic heterocycles. The third kappa shape index (κ3) is 2.55. The lowest BCUT2D eigenvalue weighted by molar-refractivity contribution is 1.14. The molecule has 0 aliphatic carbocycles. The predicted octanol–water partition coefficient (Wildman–Crippen LogP) is 7.01. The van der Waals surface area contributed by atoms with E-state index in [0.717, 1.165) is 6.42 Å². The summed E-state index contributed by atoms with van der Waals surface area (Å²) in [6.45, 7) is 2.22. The molecule has 1 aromatic heterocycles. The van der Waals surface area contributed by atoms with Gasteiger partial charge in [0.05, 0.1) is 11.0 Å². The van der Waals surface area contributed by atoms with Crippen LogP contribution in [0.3, 0.4) is 0 Å². The Morgan fingerprint density at radius 3 is 2.19 bits per heavy atom. The van der Waals surface area contributed by atoms with Gasteiger partial charge < -0.3 is 4.57 Å². The zero-order chi connectivity index (χ0) is 18.2. The molecule has 1 nitrogen and oxygen atoms in total. The quantitative estimate of drug-likeness (QED) is 0.331. The molecule has 0 fully saturated rings. The summed E-state index contributed by atoms with van der Waals surface area (Å²) in [7, 11) is 0. The van der Waals surface area contributed by atoms with E-state index < -0.39 is 0 Å². The summed E-state index contributed by atoms with van der Waals surface area (Å²) in [6, 6.07) is 34.9. The number of fused-ring (bicyclic) bond motifs is 3. The molecule has 0 saturated carbocycles. The average molecular weight is 347 g/mol. The van der Waals surface area contributed by atoms with Crippen LogP contribution in [0.4, 0.5) is 0 Å². The summed E-state index contributed by atoms with van der Waals surface area (Å²) in [5.74, 6) is 0. The molecular weight excluding hydrogens is 326 g/mol. The van der Waals surface area contributed by atoms with Crippen molar-refractivity contribution in [2.75, 3.05) is 0 Å². The molecule has 130 valence electrons. The molecule has 4 aromatic carbocycles. The largest absolute Gasteiger partial charge is 0.309 e. The van der Waals surface area contributed by atoms with E-state index in [-0.39, 0.29) is 0 Å². The van der Waals surface area contributed by atoms with E-state index in [4.69, 9.17) is 0 Å². The zero-order valence-corrected chi connectivity index (χ0v) is 15.4. The molecule has 1 heterocycles. The van der Waals surface area contributed by atoms with Crippen LogP contribution < -0.4 is 0 Å². The van der Waals surface area contributed by atoms with Gasteiger partial charge in [0.25, 0.3) is 0 Å². The third-order valence-corrected chi connectivity index (χ3v) is 5.40. The van der Waals surface area contributed by atoms with Crippen molar-refractivity contribution in [1.29, 1.82) is 0 Å². The monoisotopic (exact) mass is 347 g/mol. The van der Waals surface area contributed by atoms with Crippen LogP contribution in [0, 0.1) is 0 Å². The summed E-state index contributed by atoms with van der Waals surface area (Å²) in [6.07, 6.45) is 1.04. The number of rotatable bonds is 3. The number of aromatic nitrogens is 1. The molecule has 0 N–H and O–H groups in total. The highest BCUT2D eigenvalue weighted by Gasteiger charge is 2.13. The van der Waals surface area contributed by atoms with E-state index in [1.165, 1.54) is 44.2 Å². The van der Waals surface area contributed by atoms with Crippen LogP contribution in [0.25, 0.3) is 38.6 Å². The van der Waals surface area contributed by atoms with E-state index in [1.54, 1.807) is 0 Å². The minimum Gasteiger partial charge on any atom is -0.309 e. The number of benzene rings is 4. The molecule has 0 saturated heterocycles. The second kappa shape index (κ2) is 6.44. The Labute approximate surface area is 159 Å². The highest BCUT2D eigenvalue weighted by Crippen LogP contribution is 2.35. The van der Waals surface area contributed by atoms with E-state index >= 15 is 0 Å². The Balaban J connectivity index is 1.86. The first-order valence-corrected chi connectivity index (χ1v) is 9.53. The Morgan fingerprint density at radius 2 is 1.33 bits per heavy atom. The van der Waals surface area contributed by atoms with Crippen molar-refractivity contribution in [2.45, 2.75) is 13.3 Å². The molecule has 0 bridgehead atoms. The Bertz CT molecular complexity index is 1250. The number of para-hydroxylation sites is 2. The molecule has 5 aromatic rings. The van der Waals surface area contributed by atoms with Gasteiger partial charge in [-0.15, -0.1) is 0 Å². The van der Waals surface area contributed by atoms with Gasteiger partial charge in [-0.1, -0.05) is 79.7 Å². The fourth-order valence-corrected chi connectivity index (χ4v) is 4.10. The normalized spacial score (nSPS) is 11.3. The van der Waals surface area contributed by atoms with Crippen LogP contribution in [0.2, 0.25) is 0 Å². The summed E-state index contributed by atoms with van der Waals surface area (Å²) in [5.41, 5.74) is 7.70. The summed E-state index contributed by atoms with van der Waals surface area (Å²) in [5, 5.41) is 2.60. The number of nitrogens with zero attached hydrogens (tertiary/aromatic N) is 1. The lowest BCUT2D eigenvalue weighted by Gasteiger charge is -2.11. The van der Waals surface area contributed by atoms with Crippen molar-refractivity contribution >= 4 is 21.8 Å². The van der Waals surface area contributed by atoms with Crippen molar-refractivity contribution in [3.8, 4) is 16.8 Å². The average Bonchev–Trinajstić information content (AvgIpc) is 3.08. The molecule has 0 unspecified atom stereocenters. The smallest absolute Gasteiger partial charge is 0.0547 e. The van der Waals surface area contributed by atoms with Crippen molar-refractivity contribution in [2.24, 2.45) is 0 Å². The molecule has 0 radical (unpaired) electrons. The Morgan fingerprint density at radius 1 is 0.630 bits per heavy atom. The molecule has 0 amide bonds. The van der Waals surface area contributed by atoms with Gasteiger partial charge in [0.2, 0.25) is 0 Å². The topological polar surface area (TPSA) is 4.93 Å². The lowest BCUT2D eigenvalue weighted by atomic mass is 9.97. The van der Waals surface area contributed by atoms with Gasteiger partial charge in [-0.25, -0.2) is 0 Å². The SMILES string of the molecule is CCc1ccccc1-c1ccc2c3ccccc3n(-c3ccccc3)c2c1. The van der Waals surface area contributed by atoms with Gasteiger partial charge in [-0.3, -0.25) is 0 Å². The number of hydrogen-bond acceptors (Lipinski definition) is 0. The summed E-state index contributed by atoms with van der Waals surface area (Å²) in [4.78, 5) is 0. The third-order valence-electron chi connectivity index (χ3n) is 5.40.